The third-order valence-electron chi connectivity index (χ3n) is 4.31. The third kappa shape index (κ3) is 3.42. The summed E-state index contributed by atoms with van der Waals surface area (Å²) in [5.41, 5.74) is 4.00. The average molecular weight is 307 g/mol. The summed E-state index contributed by atoms with van der Waals surface area (Å²) in [7, 11) is 0. The van der Waals surface area contributed by atoms with E-state index in [0.29, 0.717) is 6.61 Å². The number of aryl methyl sites for hydroxylation is 1. The van der Waals surface area contributed by atoms with E-state index in [1.165, 1.54) is 22.0 Å². The summed E-state index contributed by atoms with van der Waals surface area (Å²) in [5.74, 6) is 0.922. The average Bonchev–Trinajstić information content (AvgIpc) is 2.94. The fourth-order valence-corrected chi connectivity index (χ4v) is 2.81. The summed E-state index contributed by atoms with van der Waals surface area (Å²) in [5, 5.41) is 1.23. The summed E-state index contributed by atoms with van der Waals surface area (Å²) < 4.78 is 8.20. The number of rotatable bonds is 4. The van der Waals surface area contributed by atoms with Crippen molar-refractivity contribution in [2.75, 3.05) is 0 Å². The Morgan fingerprint density at radius 2 is 1.70 bits per heavy atom. The third-order valence-corrected chi connectivity index (χ3v) is 4.31. The van der Waals surface area contributed by atoms with Gasteiger partial charge in [0.05, 0.1) is 0 Å². The zero-order valence-corrected chi connectivity index (χ0v) is 14.5. The fraction of sp³-hybridized carbons (Fsp3) is 0.333. The topological polar surface area (TPSA) is 14.2 Å². The Morgan fingerprint density at radius 1 is 0.957 bits per heavy atom. The molecule has 3 aromatic rings. The normalized spacial score (nSPS) is 11.8. The monoisotopic (exact) mass is 307 g/mol. The molecule has 120 valence electrons. The molecule has 1 heterocycles. The number of fused-ring (bicyclic) bond motifs is 1. The largest absolute Gasteiger partial charge is 0.489 e. The van der Waals surface area contributed by atoms with Crippen molar-refractivity contribution < 1.29 is 4.74 Å². The van der Waals surface area contributed by atoms with Crippen molar-refractivity contribution in [3.63, 3.8) is 0 Å². The molecule has 3 rings (SSSR count). The van der Waals surface area contributed by atoms with Gasteiger partial charge in [-0.05, 0) is 47.7 Å². The zero-order chi connectivity index (χ0) is 16.4. The van der Waals surface area contributed by atoms with Crippen molar-refractivity contribution in [3.05, 3.63) is 65.9 Å². The van der Waals surface area contributed by atoms with E-state index < -0.39 is 0 Å². The highest BCUT2D eigenvalue weighted by Gasteiger charge is 2.12. The molecule has 23 heavy (non-hydrogen) atoms. The molecule has 0 N–H and O–H groups in total. The molecule has 0 bridgehead atoms. The Balaban J connectivity index is 1.70. The van der Waals surface area contributed by atoms with Gasteiger partial charge in [-0.25, -0.2) is 0 Å². The van der Waals surface area contributed by atoms with E-state index in [4.69, 9.17) is 4.74 Å². The van der Waals surface area contributed by atoms with Crippen LogP contribution in [0.25, 0.3) is 10.9 Å². The van der Waals surface area contributed by atoms with Crippen molar-refractivity contribution in [1.82, 2.24) is 4.57 Å². The van der Waals surface area contributed by atoms with Crippen molar-refractivity contribution in [2.24, 2.45) is 0 Å². The van der Waals surface area contributed by atoms with Gasteiger partial charge in [-0.1, -0.05) is 45.0 Å². The summed E-state index contributed by atoms with van der Waals surface area (Å²) in [6.45, 7) is 10.4. The van der Waals surface area contributed by atoms with Crippen molar-refractivity contribution in [2.45, 2.75) is 46.3 Å². The van der Waals surface area contributed by atoms with E-state index in [1.54, 1.807) is 0 Å². The molecule has 0 amide bonds. The highest BCUT2D eigenvalue weighted by atomic mass is 16.5. The Kier molecular flexibility index (Phi) is 4.16. The quantitative estimate of drug-likeness (QED) is 0.617. The van der Waals surface area contributed by atoms with Gasteiger partial charge in [0.25, 0.3) is 0 Å². The molecule has 0 aliphatic carbocycles. The zero-order valence-electron chi connectivity index (χ0n) is 14.5. The minimum atomic E-state index is 0.191. The number of aromatic nitrogens is 1. The van der Waals surface area contributed by atoms with Gasteiger partial charge in [0.15, 0.2) is 0 Å². The molecule has 2 nitrogen and oxygen atoms in total. The Morgan fingerprint density at radius 3 is 2.35 bits per heavy atom. The molecule has 2 heteroatoms. The molecule has 0 fully saturated rings. The molecule has 1 aromatic heterocycles. The smallest absolute Gasteiger partial charge is 0.120 e. The van der Waals surface area contributed by atoms with Crippen LogP contribution in [0.4, 0.5) is 0 Å². The van der Waals surface area contributed by atoms with Gasteiger partial charge in [-0.3, -0.25) is 0 Å². The minimum absolute atomic E-state index is 0.191. The molecular weight excluding hydrogens is 282 g/mol. The molecule has 0 atom stereocenters. The Bertz CT molecular complexity index is 791. The van der Waals surface area contributed by atoms with Gasteiger partial charge in [-0.15, -0.1) is 0 Å². The first kappa shape index (κ1) is 15.7. The van der Waals surface area contributed by atoms with Gasteiger partial charge in [-0.2, -0.15) is 0 Å². The van der Waals surface area contributed by atoms with E-state index >= 15 is 0 Å². The van der Waals surface area contributed by atoms with Crippen LogP contribution in [-0.2, 0) is 18.6 Å². The summed E-state index contributed by atoms with van der Waals surface area (Å²) in [6.07, 6.45) is 2.12. The standard InChI is InChI=1S/C21H25NO/c1-5-22-13-12-17-14-19(10-11-20(17)22)23-15-16-6-8-18(9-7-16)21(2,3)4/h6-14H,5,15H2,1-4H3. The summed E-state index contributed by atoms with van der Waals surface area (Å²) in [6, 6.07) is 17.2. The van der Waals surface area contributed by atoms with Gasteiger partial charge < -0.3 is 9.30 Å². The molecule has 0 unspecified atom stereocenters. The predicted molar refractivity (Wildman–Crippen MR) is 97.1 cm³/mol. The van der Waals surface area contributed by atoms with Crippen LogP contribution in [0.2, 0.25) is 0 Å². The lowest BCUT2D eigenvalue weighted by atomic mass is 9.87. The van der Waals surface area contributed by atoms with Crippen LogP contribution in [0.5, 0.6) is 5.75 Å². The first-order valence-corrected chi connectivity index (χ1v) is 8.28. The van der Waals surface area contributed by atoms with E-state index in [2.05, 4.69) is 87.0 Å². The summed E-state index contributed by atoms with van der Waals surface area (Å²) in [4.78, 5) is 0. The molecule has 0 aliphatic rings. The number of hydrogen-bond donors (Lipinski definition) is 0. The van der Waals surface area contributed by atoms with E-state index in [0.717, 1.165) is 12.3 Å². The van der Waals surface area contributed by atoms with Crippen molar-refractivity contribution in [3.8, 4) is 5.75 Å². The van der Waals surface area contributed by atoms with Gasteiger partial charge in [0.2, 0.25) is 0 Å². The van der Waals surface area contributed by atoms with E-state index in [1.807, 2.05) is 0 Å². The molecule has 0 saturated heterocycles. The lowest BCUT2D eigenvalue weighted by Gasteiger charge is -2.19. The van der Waals surface area contributed by atoms with E-state index in [-0.39, 0.29) is 5.41 Å². The minimum Gasteiger partial charge on any atom is -0.489 e. The van der Waals surface area contributed by atoms with E-state index in [9.17, 15) is 0 Å². The molecule has 0 aliphatic heterocycles. The predicted octanol–water partition coefficient (Wildman–Crippen LogP) is 5.54. The molecule has 2 aromatic carbocycles. The van der Waals surface area contributed by atoms with Crippen LogP contribution >= 0.6 is 0 Å². The molecule has 0 radical (unpaired) electrons. The molecule has 0 saturated carbocycles. The number of hydrogen-bond acceptors (Lipinski definition) is 1. The Labute approximate surface area is 138 Å². The first-order valence-electron chi connectivity index (χ1n) is 8.28. The van der Waals surface area contributed by atoms with Crippen molar-refractivity contribution in [1.29, 1.82) is 0 Å². The highest BCUT2D eigenvalue weighted by molar-refractivity contribution is 5.81. The van der Waals surface area contributed by atoms with Gasteiger partial charge >= 0.3 is 0 Å². The number of ether oxygens (including phenoxy) is 1. The second-order valence-electron chi connectivity index (χ2n) is 7.06. The highest BCUT2D eigenvalue weighted by Crippen LogP contribution is 2.24. The maximum absolute atomic E-state index is 5.96. The lowest BCUT2D eigenvalue weighted by Crippen LogP contribution is -2.10. The van der Waals surface area contributed by atoms with Gasteiger partial charge in [0.1, 0.15) is 12.4 Å². The second kappa shape index (κ2) is 6.11. The van der Waals surface area contributed by atoms with Crippen LogP contribution in [-0.4, -0.2) is 4.57 Å². The SMILES string of the molecule is CCn1ccc2cc(OCc3ccc(C(C)(C)C)cc3)ccc21. The van der Waals surface area contributed by atoms with Crippen LogP contribution in [0.1, 0.15) is 38.8 Å². The van der Waals surface area contributed by atoms with Crippen LogP contribution in [0.15, 0.2) is 54.7 Å². The molecule has 0 spiro atoms. The maximum atomic E-state index is 5.96. The number of benzene rings is 2. The maximum Gasteiger partial charge on any atom is 0.120 e. The lowest BCUT2D eigenvalue weighted by molar-refractivity contribution is 0.306. The molecular formula is C21H25NO. The van der Waals surface area contributed by atoms with Crippen molar-refractivity contribution >= 4 is 10.9 Å². The first-order chi connectivity index (χ1) is 11.0. The van der Waals surface area contributed by atoms with Crippen LogP contribution in [0.3, 0.4) is 0 Å². The Hall–Kier alpha value is -2.22. The van der Waals surface area contributed by atoms with Crippen LogP contribution in [0, 0.1) is 0 Å². The second-order valence-corrected chi connectivity index (χ2v) is 7.06. The van der Waals surface area contributed by atoms with Crippen LogP contribution < -0.4 is 4.74 Å². The fourth-order valence-electron chi connectivity index (χ4n) is 2.81. The summed E-state index contributed by atoms with van der Waals surface area (Å²) >= 11 is 0. The number of nitrogens with zero attached hydrogens (tertiary/aromatic N) is 1. The van der Waals surface area contributed by atoms with Gasteiger partial charge in [0, 0.05) is 23.6 Å².